The highest BCUT2D eigenvalue weighted by atomic mass is 16.5. The van der Waals surface area contributed by atoms with Crippen LogP contribution in [-0.2, 0) is 7.05 Å². The Balaban J connectivity index is 1.78. The first-order valence-corrected chi connectivity index (χ1v) is 8.66. The fourth-order valence-corrected chi connectivity index (χ4v) is 3.04. The molecule has 0 bridgehead atoms. The monoisotopic (exact) mass is 349 g/mol. The first-order valence-electron chi connectivity index (χ1n) is 8.66. The Labute approximate surface area is 153 Å². The van der Waals surface area contributed by atoms with E-state index in [1.165, 1.54) is 0 Å². The zero-order valence-corrected chi connectivity index (χ0v) is 15.3. The number of benzene rings is 2. The van der Waals surface area contributed by atoms with E-state index in [-0.39, 0.29) is 11.9 Å². The molecule has 0 radical (unpaired) electrons. The highest BCUT2D eigenvalue weighted by molar-refractivity contribution is 5.95. The van der Waals surface area contributed by atoms with Crippen LogP contribution in [0.2, 0.25) is 0 Å². The van der Waals surface area contributed by atoms with Gasteiger partial charge in [0.05, 0.1) is 18.8 Å². The second kappa shape index (κ2) is 7.87. The molecule has 2 aromatic carbocycles. The van der Waals surface area contributed by atoms with Gasteiger partial charge in [-0.05, 0) is 36.2 Å². The summed E-state index contributed by atoms with van der Waals surface area (Å²) in [6, 6.07) is 17.3. The summed E-state index contributed by atoms with van der Waals surface area (Å²) >= 11 is 0. The van der Waals surface area contributed by atoms with Crippen LogP contribution >= 0.6 is 0 Å². The molecule has 0 aliphatic carbocycles. The third kappa shape index (κ3) is 3.61. The molecule has 0 saturated heterocycles. The summed E-state index contributed by atoms with van der Waals surface area (Å²) in [5.41, 5.74) is 3.64. The maximum atomic E-state index is 12.6. The van der Waals surface area contributed by atoms with Crippen molar-refractivity contribution < 1.29 is 9.53 Å². The molecule has 1 atom stereocenters. The molecule has 0 fully saturated rings. The van der Waals surface area contributed by atoms with Crippen LogP contribution in [0.1, 0.15) is 35.4 Å². The van der Waals surface area contributed by atoms with Crippen LogP contribution in [0.15, 0.2) is 60.8 Å². The van der Waals surface area contributed by atoms with Crippen molar-refractivity contribution in [2.24, 2.45) is 7.05 Å². The summed E-state index contributed by atoms with van der Waals surface area (Å²) in [5.74, 6) is 0.719. The van der Waals surface area contributed by atoms with Gasteiger partial charge >= 0.3 is 0 Å². The molecule has 3 rings (SSSR count). The van der Waals surface area contributed by atoms with Crippen LogP contribution in [0.3, 0.4) is 0 Å². The number of hydrogen-bond acceptors (Lipinski definition) is 3. The molecule has 26 heavy (non-hydrogen) atoms. The number of carbonyl (C=O) groups is 1. The second-order valence-corrected chi connectivity index (χ2v) is 6.09. The van der Waals surface area contributed by atoms with Crippen molar-refractivity contribution in [2.75, 3.05) is 7.11 Å². The number of aromatic nitrogens is 2. The number of methoxy groups -OCH3 is 1. The number of rotatable bonds is 6. The number of hydrogen-bond donors (Lipinski definition) is 1. The highest BCUT2D eigenvalue weighted by Gasteiger charge is 2.17. The first-order chi connectivity index (χ1) is 12.6. The van der Waals surface area contributed by atoms with E-state index in [2.05, 4.69) is 10.4 Å². The molecule has 5 heteroatoms. The third-order valence-electron chi connectivity index (χ3n) is 4.49. The van der Waals surface area contributed by atoms with E-state index in [1.807, 2.05) is 68.6 Å². The Morgan fingerprint density at radius 1 is 1.15 bits per heavy atom. The van der Waals surface area contributed by atoms with Crippen LogP contribution in [0.25, 0.3) is 11.1 Å². The zero-order valence-electron chi connectivity index (χ0n) is 15.3. The number of amides is 1. The SMILES string of the molecule is CC[C@H](NC(=O)c1ccc(-c2ccccc2OC)cc1)c1ccnn1C. The van der Waals surface area contributed by atoms with Gasteiger partial charge in [-0.3, -0.25) is 9.48 Å². The maximum absolute atomic E-state index is 12.6. The lowest BCUT2D eigenvalue weighted by molar-refractivity contribution is 0.0934. The van der Waals surface area contributed by atoms with Gasteiger partial charge < -0.3 is 10.1 Å². The van der Waals surface area contributed by atoms with Crippen molar-refractivity contribution >= 4 is 5.91 Å². The van der Waals surface area contributed by atoms with Crippen LogP contribution in [0.5, 0.6) is 5.75 Å². The van der Waals surface area contributed by atoms with Crippen molar-refractivity contribution in [3.8, 4) is 16.9 Å². The largest absolute Gasteiger partial charge is 0.496 e. The van der Waals surface area contributed by atoms with E-state index in [4.69, 9.17) is 4.74 Å². The molecule has 1 aromatic heterocycles. The molecule has 0 unspecified atom stereocenters. The number of aryl methyl sites for hydroxylation is 1. The molecule has 0 saturated carbocycles. The number of nitrogens with one attached hydrogen (secondary N) is 1. The summed E-state index contributed by atoms with van der Waals surface area (Å²) in [4.78, 5) is 12.6. The highest BCUT2D eigenvalue weighted by Crippen LogP contribution is 2.29. The summed E-state index contributed by atoms with van der Waals surface area (Å²) in [7, 11) is 3.54. The number of ether oxygens (including phenoxy) is 1. The topological polar surface area (TPSA) is 56.1 Å². The minimum Gasteiger partial charge on any atom is -0.496 e. The van der Waals surface area contributed by atoms with E-state index >= 15 is 0 Å². The number of carbonyl (C=O) groups excluding carboxylic acids is 1. The molecule has 0 spiro atoms. The number of nitrogens with zero attached hydrogens (tertiary/aromatic N) is 2. The van der Waals surface area contributed by atoms with Crippen molar-refractivity contribution in [3.05, 3.63) is 72.1 Å². The average molecular weight is 349 g/mol. The summed E-state index contributed by atoms with van der Waals surface area (Å²) < 4.78 is 7.20. The van der Waals surface area contributed by atoms with Crippen LogP contribution in [-0.4, -0.2) is 22.8 Å². The molecule has 0 aliphatic heterocycles. The normalized spacial score (nSPS) is 11.8. The lowest BCUT2D eigenvalue weighted by Gasteiger charge is -2.17. The van der Waals surface area contributed by atoms with E-state index in [0.717, 1.165) is 29.0 Å². The maximum Gasteiger partial charge on any atom is 0.251 e. The third-order valence-corrected chi connectivity index (χ3v) is 4.49. The van der Waals surface area contributed by atoms with Crippen LogP contribution < -0.4 is 10.1 Å². The predicted molar refractivity (Wildman–Crippen MR) is 102 cm³/mol. The van der Waals surface area contributed by atoms with Gasteiger partial charge in [0.1, 0.15) is 5.75 Å². The Kier molecular flexibility index (Phi) is 5.37. The molecule has 3 aromatic rings. The van der Waals surface area contributed by atoms with Crippen LogP contribution in [0, 0.1) is 0 Å². The second-order valence-electron chi connectivity index (χ2n) is 6.09. The fourth-order valence-electron chi connectivity index (χ4n) is 3.04. The van der Waals surface area contributed by atoms with Crippen LogP contribution in [0.4, 0.5) is 0 Å². The van der Waals surface area contributed by atoms with E-state index < -0.39 is 0 Å². The van der Waals surface area contributed by atoms with Gasteiger partial charge in [-0.25, -0.2) is 0 Å². The molecule has 1 amide bonds. The van der Waals surface area contributed by atoms with E-state index in [1.54, 1.807) is 18.0 Å². The average Bonchev–Trinajstić information content (AvgIpc) is 3.11. The van der Waals surface area contributed by atoms with Gasteiger partial charge in [0.15, 0.2) is 0 Å². The molecule has 1 heterocycles. The number of para-hydroxylation sites is 1. The Bertz CT molecular complexity index is 884. The molecular weight excluding hydrogens is 326 g/mol. The lowest BCUT2D eigenvalue weighted by Crippen LogP contribution is -2.29. The molecule has 134 valence electrons. The Hall–Kier alpha value is -3.08. The lowest BCUT2D eigenvalue weighted by atomic mass is 10.0. The van der Waals surface area contributed by atoms with Crippen molar-refractivity contribution in [1.82, 2.24) is 15.1 Å². The predicted octanol–water partition coefficient (Wildman–Crippen LogP) is 3.98. The zero-order chi connectivity index (χ0) is 18.5. The van der Waals surface area contributed by atoms with Gasteiger partial charge in [-0.2, -0.15) is 5.10 Å². The minimum absolute atomic E-state index is 0.0658. The van der Waals surface area contributed by atoms with Crippen molar-refractivity contribution in [2.45, 2.75) is 19.4 Å². The Morgan fingerprint density at radius 2 is 1.88 bits per heavy atom. The molecule has 0 aliphatic rings. The summed E-state index contributed by atoms with van der Waals surface area (Å²) in [6.45, 7) is 2.04. The van der Waals surface area contributed by atoms with Crippen molar-refractivity contribution in [1.29, 1.82) is 0 Å². The fraction of sp³-hybridized carbons (Fsp3) is 0.238. The Morgan fingerprint density at radius 3 is 2.50 bits per heavy atom. The van der Waals surface area contributed by atoms with E-state index in [0.29, 0.717) is 5.56 Å². The molecule has 1 N–H and O–H groups in total. The van der Waals surface area contributed by atoms with Gasteiger partial charge in [0.25, 0.3) is 5.91 Å². The van der Waals surface area contributed by atoms with Gasteiger partial charge in [-0.15, -0.1) is 0 Å². The summed E-state index contributed by atoms with van der Waals surface area (Å²) in [5, 5.41) is 7.26. The molecule has 5 nitrogen and oxygen atoms in total. The van der Waals surface area contributed by atoms with Crippen molar-refractivity contribution in [3.63, 3.8) is 0 Å². The summed E-state index contributed by atoms with van der Waals surface area (Å²) in [6.07, 6.45) is 2.54. The van der Waals surface area contributed by atoms with E-state index in [9.17, 15) is 4.79 Å². The minimum atomic E-state index is -0.0929. The smallest absolute Gasteiger partial charge is 0.251 e. The standard InChI is InChI=1S/C21H23N3O2/c1-4-18(19-13-14-22-24(19)2)23-21(25)16-11-9-15(10-12-16)17-7-5-6-8-20(17)26-3/h5-14,18H,4H2,1-3H3,(H,23,25)/t18-/m0/s1. The van der Waals surface area contributed by atoms with Gasteiger partial charge in [-0.1, -0.05) is 37.3 Å². The van der Waals surface area contributed by atoms with Gasteiger partial charge in [0, 0.05) is 24.4 Å². The first kappa shape index (κ1) is 17.7. The van der Waals surface area contributed by atoms with Gasteiger partial charge in [0.2, 0.25) is 0 Å². The molecular formula is C21H23N3O2. The quantitative estimate of drug-likeness (QED) is 0.732.